The third-order valence-corrected chi connectivity index (χ3v) is 7.51. The Kier molecular flexibility index (Phi) is 7.84. The molecule has 11 heteroatoms. The number of alkyl halides is 3. The Balaban J connectivity index is 1.64. The molecule has 0 spiro atoms. The predicted molar refractivity (Wildman–Crippen MR) is 129 cm³/mol. The standard InChI is InChI=1S/C23H20ClF3N2O3S2/c1-14-3-10-19(11-4-14)34(31,32)29-17-6-8-18(9-7-17)33-15(2)22(30)28-21-13-16(23(25,26)27)5-12-20(21)24/h3-13,15,29H,1-2H3,(H,28,30). The van der Waals surface area contributed by atoms with Crippen LogP contribution in [0.3, 0.4) is 0 Å². The first kappa shape index (κ1) is 25.9. The molecule has 3 aromatic carbocycles. The van der Waals surface area contributed by atoms with Crippen LogP contribution in [0.4, 0.5) is 24.5 Å². The van der Waals surface area contributed by atoms with Crippen molar-refractivity contribution in [3.05, 3.63) is 82.9 Å². The lowest BCUT2D eigenvalue weighted by Crippen LogP contribution is -2.23. The Morgan fingerprint density at radius 1 is 1.00 bits per heavy atom. The zero-order chi connectivity index (χ0) is 25.1. The molecule has 0 aliphatic rings. The van der Waals surface area contributed by atoms with Crippen molar-refractivity contribution in [2.45, 2.75) is 35.1 Å². The van der Waals surface area contributed by atoms with Crippen molar-refractivity contribution in [1.29, 1.82) is 0 Å². The molecule has 1 atom stereocenters. The lowest BCUT2D eigenvalue weighted by Gasteiger charge is -2.15. The van der Waals surface area contributed by atoms with E-state index in [1.165, 1.54) is 12.1 Å². The number of aryl methyl sites for hydroxylation is 1. The molecule has 2 N–H and O–H groups in total. The molecule has 0 bridgehead atoms. The van der Waals surface area contributed by atoms with Gasteiger partial charge in [0, 0.05) is 10.6 Å². The minimum atomic E-state index is -4.56. The van der Waals surface area contributed by atoms with E-state index in [9.17, 15) is 26.4 Å². The van der Waals surface area contributed by atoms with Gasteiger partial charge in [0.05, 0.1) is 26.4 Å². The van der Waals surface area contributed by atoms with E-state index in [0.717, 1.165) is 35.5 Å². The Hall–Kier alpha value is -2.69. The minimum absolute atomic E-state index is 0.0104. The molecule has 1 amide bonds. The first-order valence-electron chi connectivity index (χ1n) is 9.89. The summed E-state index contributed by atoms with van der Waals surface area (Å²) < 4.78 is 66.3. The molecule has 5 nitrogen and oxygen atoms in total. The summed E-state index contributed by atoms with van der Waals surface area (Å²) in [5.41, 5.74) is 0.234. The van der Waals surface area contributed by atoms with E-state index in [0.29, 0.717) is 10.6 Å². The van der Waals surface area contributed by atoms with Gasteiger partial charge in [-0.15, -0.1) is 11.8 Å². The maximum atomic E-state index is 12.9. The third-order valence-electron chi connectivity index (χ3n) is 4.67. The summed E-state index contributed by atoms with van der Waals surface area (Å²) in [6.07, 6.45) is -4.56. The van der Waals surface area contributed by atoms with Gasteiger partial charge >= 0.3 is 6.18 Å². The number of rotatable bonds is 7. The molecule has 0 aliphatic carbocycles. The average molecular weight is 529 g/mol. The molecule has 3 aromatic rings. The lowest BCUT2D eigenvalue weighted by molar-refractivity contribution is -0.137. The SMILES string of the molecule is Cc1ccc(S(=O)(=O)Nc2ccc(SC(C)C(=O)Nc3cc(C(F)(F)F)ccc3Cl)cc2)cc1. The van der Waals surface area contributed by atoms with Crippen LogP contribution < -0.4 is 10.0 Å². The number of halogens is 4. The van der Waals surface area contributed by atoms with Gasteiger partial charge in [0.2, 0.25) is 5.91 Å². The number of carbonyl (C=O) groups excluding carboxylic acids is 1. The fourth-order valence-corrected chi connectivity index (χ4v) is 4.91. The molecule has 3 rings (SSSR count). The van der Waals surface area contributed by atoms with Gasteiger partial charge in [-0.05, 0) is 68.4 Å². The van der Waals surface area contributed by atoms with Crippen molar-refractivity contribution < 1.29 is 26.4 Å². The smallest absolute Gasteiger partial charge is 0.324 e. The van der Waals surface area contributed by atoms with Crippen LogP contribution in [0.2, 0.25) is 5.02 Å². The predicted octanol–water partition coefficient (Wildman–Crippen LogP) is 6.59. The number of amides is 1. The maximum Gasteiger partial charge on any atom is 0.416 e. The lowest BCUT2D eigenvalue weighted by atomic mass is 10.2. The first-order valence-corrected chi connectivity index (χ1v) is 12.6. The van der Waals surface area contributed by atoms with Crippen molar-refractivity contribution in [2.75, 3.05) is 10.0 Å². The van der Waals surface area contributed by atoms with Crippen molar-refractivity contribution in [3.63, 3.8) is 0 Å². The molecule has 180 valence electrons. The number of thioether (sulfide) groups is 1. The highest BCUT2D eigenvalue weighted by Crippen LogP contribution is 2.34. The van der Waals surface area contributed by atoms with Crippen LogP contribution in [0.25, 0.3) is 0 Å². The highest BCUT2D eigenvalue weighted by Gasteiger charge is 2.31. The van der Waals surface area contributed by atoms with Crippen LogP contribution in [-0.4, -0.2) is 19.6 Å². The molecule has 0 aliphatic heterocycles. The Morgan fingerprint density at radius 2 is 1.62 bits per heavy atom. The topological polar surface area (TPSA) is 75.3 Å². The van der Waals surface area contributed by atoms with Crippen LogP contribution in [-0.2, 0) is 21.0 Å². The number of nitrogens with one attached hydrogen (secondary N) is 2. The number of benzene rings is 3. The highest BCUT2D eigenvalue weighted by atomic mass is 35.5. The fourth-order valence-electron chi connectivity index (χ4n) is 2.82. The van der Waals surface area contributed by atoms with Gasteiger partial charge in [0.15, 0.2) is 0 Å². The van der Waals surface area contributed by atoms with Crippen molar-refractivity contribution in [3.8, 4) is 0 Å². The van der Waals surface area contributed by atoms with Crippen molar-refractivity contribution in [1.82, 2.24) is 0 Å². The summed E-state index contributed by atoms with van der Waals surface area (Å²) in [4.78, 5) is 13.3. The summed E-state index contributed by atoms with van der Waals surface area (Å²) in [7, 11) is -3.75. The van der Waals surface area contributed by atoms with E-state index in [2.05, 4.69) is 10.0 Å². The van der Waals surface area contributed by atoms with Crippen molar-refractivity contribution >= 4 is 50.7 Å². The van der Waals surface area contributed by atoms with E-state index in [1.807, 2.05) is 6.92 Å². The Bertz CT molecular complexity index is 1280. The Morgan fingerprint density at radius 3 is 2.21 bits per heavy atom. The zero-order valence-electron chi connectivity index (χ0n) is 18.0. The average Bonchev–Trinajstić information content (AvgIpc) is 2.76. The number of anilines is 2. The van der Waals surface area contributed by atoms with Crippen LogP contribution in [0, 0.1) is 6.92 Å². The number of carbonyl (C=O) groups is 1. The van der Waals surface area contributed by atoms with Crippen LogP contribution >= 0.6 is 23.4 Å². The summed E-state index contributed by atoms with van der Waals surface area (Å²) in [6.45, 7) is 3.45. The quantitative estimate of drug-likeness (QED) is 0.339. The normalized spacial score (nSPS) is 12.8. The van der Waals surface area contributed by atoms with Crippen molar-refractivity contribution in [2.24, 2.45) is 0 Å². The molecule has 0 aromatic heterocycles. The molecular weight excluding hydrogens is 509 g/mol. The molecular formula is C23H20ClF3N2O3S2. The molecule has 34 heavy (non-hydrogen) atoms. The molecule has 0 saturated heterocycles. The van der Waals surface area contributed by atoms with Crippen LogP contribution in [0.15, 0.2) is 76.5 Å². The Labute approximate surface area is 204 Å². The van der Waals surface area contributed by atoms with E-state index in [4.69, 9.17) is 11.6 Å². The van der Waals surface area contributed by atoms with Crippen LogP contribution in [0.5, 0.6) is 0 Å². The molecule has 0 radical (unpaired) electrons. The first-order chi connectivity index (χ1) is 15.8. The number of sulfonamides is 1. The highest BCUT2D eigenvalue weighted by molar-refractivity contribution is 8.00. The van der Waals surface area contributed by atoms with Gasteiger partial charge in [-0.2, -0.15) is 13.2 Å². The minimum Gasteiger partial charge on any atom is -0.324 e. The van der Waals surface area contributed by atoms with E-state index in [1.54, 1.807) is 43.3 Å². The molecule has 0 fully saturated rings. The van der Waals surface area contributed by atoms with E-state index in [-0.39, 0.29) is 15.6 Å². The van der Waals surface area contributed by atoms with Crippen LogP contribution in [0.1, 0.15) is 18.1 Å². The van der Waals surface area contributed by atoms with E-state index < -0.39 is 32.9 Å². The van der Waals surface area contributed by atoms with Gasteiger partial charge in [0.25, 0.3) is 10.0 Å². The van der Waals surface area contributed by atoms with Gasteiger partial charge in [0.1, 0.15) is 0 Å². The second kappa shape index (κ2) is 10.3. The van der Waals surface area contributed by atoms with Gasteiger partial charge < -0.3 is 5.32 Å². The van der Waals surface area contributed by atoms with Gasteiger partial charge in [-0.3, -0.25) is 9.52 Å². The zero-order valence-corrected chi connectivity index (χ0v) is 20.4. The third kappa shape index (κ3) is 6.68. The second-order valence-corrected chi connectivity index (χ2v) is 10.9. The van der Waals surface area contributed by atoms with Gasteiger partial charge in [-0.25, -0.2) is 8.42 Å². The molecule has 0 saturated carbocycles. The largest absolute Gasteiger partial charge is 0.416 e. The monoisotopic (exact) mass is 528 g/mol. The summed E-state index contributed by atoms with van der Waals surface area (Å²) in [6, 6.07) is 15.5. The number of hydrogen-bond donors (Lipinski definition) is 2. The summed E-state index contributed by atoms with van der Waals surface area (Å²) in [5.74, 6) is -0.532. The fraction of sp³-hybridized carbons (Fsp3) is 0.174. The second-order valence-electron chi connectivity index (χ2n) is 7.38. The van der Waals surface area contributed by atoms with Gasteiger partial charge in [-0.1, -0.05) is 29.3 Å². The maximum absolute atomic E-state index is 12.9. The summed E-state index contributed by atoms with van der Waals surface area (Å²) >= 11 is 7.09. The molecule has 0 heterocycles. The molecule has 1 unspecified atom stereocenters. The number of hydrogen-bond acceptors (Lipinski definition) is 4. The van der Waals surface area contributed by atoms with E-state index >= 15 is 0 Å². The summed E-state index contributed by atoms with van der Waals surface area (Å²) in [5, 5.41) is 1.75.